The Morgan fingerprint density at radius 1 is 0.558 bits per heavy atom. The normalized spacial score (nSPS) is 17.1. The van der Waals surface area contributed by atoms with Gasteiger partial charge in [0.05, 0.1) is 0 Å². The summed E-state index contributed by atoms with van der Waals surface area (Å²) in [5.74, 6) is -2.96. The third-order valence-electron chi connectivity index (χ3n) is 9.81. The molecule has 0 N–H and O–H groups in total. The fourth-order valence-electron chi connectivity index (χ4n) is 7.94. The van der Waals surface area contributed by atoms with E-state index in [1.165, 1.54) is 24.3 Å². The molecular formula is C36H30F4N2Ti. The number of fused-ring (bicyclic) bond motifs is 2. The molecule has 0 saturated carbocycles. The Kier molecular flexibility index (Phi) is 6.43. The minimum absolute atomic E-state index is 0.157. The van der Waals surface area contributed by atoms with Gasteiger partial charge in [-0.15, -0.1) is 0 Å². The van der Waals surface area contributed by atoms with Gasteiger partial charge < -0.3 is 0 Å². The van der Waals surface area contributed by atoms with E-state index in [9.17, 15) is 0 Å². The van der Waals surface area contributed by atoms with Crippen molar-refractivity contribution in [2.45, 2.75) is 51.4 Å². The summed E-state index contributed by atoms with van der Waals surface area (Å²) < 4.78 is 72.4. The number of allylic oxidation sites excluding steroid dienone is 8. The minimum atomic E-state index is -4.92. The molecule has 7 heteroatoms. The molecule has 2 aromatic heterocycles. The predicted octanol–water partition coefficient (Wildman–Crippen LogP) is 7.59. The van der Waals surface area contributed by atoms with Crippen molar-refractivity contribution >= 4 is 7.74 Å². The van der Waals surface area contributed by atoms with Gasteiger partial charge in [0.1, 0.15) is 0 Å². The molecule has 0 aliphatic heterocycles. The zero-order valence-electron chi connectivity index (χ0n) is 23.6. The first-order valence-corrected chi connectivity index (χ1v) is 18.2. The standard InChI is InChI=1S/2C13H10F2N.2C5H5.Ti/c2*14-10-4-5-13(11(15)8-10)16-7-6-9-2-1-3-12(9)16;2*1-2-4-5-3-1;/h2*4-7H,1-3H2;2*1-3H,4H2;. The second-order valence-electron chi connectivity index (χ2n) is 11.9. The topological polar surface area (TPSA) is 9.86 Å². The van der Waals surface area contributed by atoms with Crippen molar-refractivity contribution < 1.29 is 34.2 Å². The molecule has 0 radical (unpaired) electrons. The first-order chi connectivity index (χ1) is 21.0. The molecule has 216 valence electrons. The summed E-state index contributed by atoms with van der Waals surface area (Å²) in [6, 6.07) is 9.50. The Bertz CT molecular complexity index is 1800. The van der Waals surface area contributed by atoms with Crippen molar-refractivity contribution in [3.63, 3.8) is 0 Å². The molecule has 2 nitrogen and oxygen atoms in total. The van der Waals surface area contributed by atoms with Gasteiger partial charge in [0.15, 0.2) is 0 Å². The molecule has 4 aliphatic carbocycles. The van der Waals surface area contributed by atoms with Crippen LogP contribution in [0.25, 0.3) is 11.4 Å². The van der Waals surface area contributed by atoms with Crippen molar-refractivity contribution in [1.29, 1.82) is 0 Å². The van der Waals surface area contributed by atoms with Crippen LogP contribution in [0.4, 0.5) is 17.6 Å². The molecule has 2 heterocycles. The van der Waals surface area contributed by atoms with Gasteiger partial charge in [-0.1, -0.05) is 0 Å². The van der Waals surface area contributed by atoms with Gasteiger partial charge in [-0.25, -0.2) is 0 Å². The molecule has 2 aromatic carbocycles. The van der Waals surface area contributed by atoms with Crippen LogP contribution in [0, 0.1) is 23.3 Å². The second kappa shape index (κ2) is 10.2. The number of hydrogen-bond donors (Lipinski definition) is 0. The fraction of sp³-hybridized carbons (Fsp3) is 0.222. The molecule has 4 aromatic rings. The van der Waals surface area contributed by atoms with Gasteiger partial charge in [-0.3, -0.25) is 0 Å². The number of rotatable bonds is 6. The van der Waals surface area contributed by atoms with Gasteiger partial charge in [-0.05, 0) is 0 Å². The van der Waals surface area contributed by atoms with Crippen LogP contribution in [0.2, 0.25) is 0 Å². The average molecular weight is 615 g/mol. The number of halogens is 4. The van der Waals surface area contributed by atoms with Crippen LogP contribution in [0.5, 0.6) is 0 Å². The van der Waals surface area contributed by atoms with Crippen LogP contribution in [0.1, 0.15) is 48.2 Å². The van der Waals surface area contributed by atoms with Gasteiger partial charge in [0.25, 0.3) is 0 Å². The van der Waals surface area contributed by atoms with E-state index < -0.39 is 39.9 Å². The van der Waals surface area contributed by atoms with E-state index in [1.807, 2.05) is 70.1 Å². The molecule has 0 fully saturated rings. The van der Waals surface area contributed by atoms with Crippen LogP contribution in [-0.4, -0.2) is 9.13 Å². The Hall–Kier alpha value is -3.61. The third-order valence-corrected chi connectivity index (χ3v) is 17.7. The molecule has 43 heavy (non-hydrogen) atoms. The zero-order valence-corrected chi connectivity index (χ0v) is 25.2. The molecule has 0 saturated heterocycles. The van der Waals surface area contributed by atoms with E-state index in [0.717, 1.165) is 68.8 Å². The number of aryl methyl sites for hydroxylation is 2. The summed E-state index contributed by atoms with van der Waals surface area (Å²) in [4.78, 5) is 0. The summed E-state index contributed by atoms with van der Waals surface area (Å²) in [5.41, 5.74) is 4.80. The molecule has 0 atom stereocenters. The molecule has 0 unspecified atom stereocenters. The number of nitrogens with zero attached hydrogens (tertiary/aromatic N) is 2. The summed E-state index contributed by atoms with van der Waals surface area (Å²) >= 11 is -4.92. The van der Waals surface area contributed by atoms with Crippen LogP contribution >= 0.6 is 0 Å². The Morgan fingerprint density at radius 2 is 1.02 bits per heavy atom. The van der Waals surface area contributed by atoms with Gasteiger partial charge in [-0.2, -0.15) is 0 Å². The summed E-state index contributed by atoms with van der Waals surface area (Å²) in [7, 11) is 0. The monoisotopic (exact) mass is 614 g/mol. The van der Waals surface area contributed by atoms with E-state index in [-0.39, 0.29) is 19.1 Å². The molecule has 0 spiro atoms. The van der Waals surface area contributed by atoms with E-state index in [2.05, 4.69) is 0 Å². The molecule has 0 bridgehead atoms. The Morgan fingerprint density at radius 3 is 1.44 bits per heavy atom. The maximum atomic E-state index is 17.3. The summed E-state index contributed by atoms with van der Waals surface area (Å²) in [5, 5.41) is 0. The molecule has 0 amide bonds. The Labute approximate surface area is 251 Å². The third kappa shape index (κ3) is 3.89. The molecular weight excluding hydrogens is 584 g/mol. The van der Waals surface area contributed by atoms with E-state index in [0.29, 0.717) is 12.8 Å². The summed E-state index contributed by atoms with van der Waals surface area (Å²) in [6.07, 6.45) is 21.0. The fourth-order valence-corrected chi connectivity index (χ4v) is 16.2. The number of aromatic nitrogens is 2. The van der Waals surface area contributed by atoms with Gasteiger partial charge >= 0.3 is 253 Å². The quantitative estimate of drug-likeness (QED) is 0.157. The van der Waals surface area contributed by atoms with E-state index in [4.69, 9.17) is 0 Å². The van der Waals surface area contributed by atoms with E-state index in [1.54, 1.807) is 0 Å². The first-order valence-electron chi connectivity index (χ1n) is 15.1. The van der Waals surface area contributed by atoms with Crippen molar-refractivity contribution in [3.05, 3.63) is 139 Å². The van der Waals surface area contributed by atoms with Gasteiger partial charge in [0, 0.05) is 0 Å². The zero-order chi connectivity index (χ0) is 29.3. The van der Waals surface area contributed by atoms with E-state index >= 15 is 17.6 Å². The average Bonchev–Trinajstić information content (AvgIpc) is 3.83. The van der Waals surface area contributed by atoms with Crippen molar-refractivity contribution in [2.24, 2.45) is 0 Å². The number of hydrogen-bond acceptors (Lipinski definition) is 0. The van der Waals surface area contributed by atoms with Crippen molar-refractivity contribution in [3.8, 4) is 11.4 Å². The summed E-state index contributed by atoms with van der Waals surface area (Å²) in [6.45, 7) is 0. The molecule has 8 rings (SSSR count). The van der Waals surface area contributed by atoms with Crippen LogP contribution in [0.15, 0.2) is 93.0 Å². The number of benzene rings is 2. The maximum absolute atomic E-state index is 17.3. The van der Waals surface area contributed by atoms with Crippen LogP contribution in [-0.2, 0) is 42.3 Å². The van der Waals surface area contributed by atoms with Crippen LogP contribution < -0.4 is 7.74 Å². The Balaban J connectivity index is 1.46. The first kappa shape index (κ1) is 27.0. The predicted molar refractivity (Wildman–Crippen MR) is 158 cm³/mol. The van der Waals surface area contributed by atoms with Crippen molar-refractivity contribution in [2.75, 3.05) is 0 Å². The van der Waals surface area contributed by atoms with Crippen molar-refractivity contribution in [1.82, 2.24) is 9.13 Å². The molecule has 4 aliphatic rings. The van der Waals surface area contributed by atoms with Crippen LogP contribution in [0.3, 0.4) is 0 Å². The SMILES string of the molecule is Fc1ccc(-n2ccc3c2CCC3)c(F)[c]1[Ti]([C]1=CC=CC1)([C]1=CC=CC1)[c]1c(F)ccc(-n2ccc3c2CCC3)c1F. The second-order valence-corrected chi connectivity index (χ2v) is 17.8. The van der Waals surface area contributed by atoms with Gasteiger partial charge in [0.2, 0.25) is 0 Å².